The minimum absolute atomic E-state index is 0. The van der Waals surface area contributed by atoms with Gasteiger partial charge in [-0.2, -0.15) is 0 Å². The van der Waals surface area contributed by atoms with Crippen LogP contribution in [0, 0.1) is 12.7 Å². The van der Waals surface area contributed by atoms with Crippen molar-refractivity contribution in [2.24, 2.45) is 0 Å². The van der Waals surface area contributed by atoms with Gasteiger partial charge in [0.25, 0.3) is 0 Å². The smallest absolute Gasteiger partial charge is 0.125 e. The molecule has 0 fully saturated rings. The molecule has 0 N–H and O–H groups in total. The van der Waals surface area contributed by atoms with Crippen LogP contribution in [0.5, 0.6) is 0 Å². The van der Waals surface area contributed by atoms with Crippen molar-refractivity contribution < 1.29 is 4.39 Å². The summed E-state index contributed by atoms with van der Waals surface area (Å²) in [5, 5.41) is 0.817. The Hall–Kier alpha value is -0.670. The monoisotopic (exact) mass is 275 g/mol. The molecule has 0 amide bonds. The third-order valence-corrected chi connectivity index (χ3v) is 2.45. The predicted octanol–water partition coefficient (Wildman–Crippen LogP) is 3.87. The first-order valence-corrected chi connectivity index (χ1v) is 4.68. The van der Waals surface area contributed by atoms with Gasteiger partial charge in [-0.3, -0.25) is 4.98 Å². The van der Waals surface area contributed by atoms with E-state index in [0.717, 1.165) is 16.6 Å². The lowest BCUT2D eigenvalue weighted by atomic mass is 10.2. The van der Waals surface area contributed by atoms with Crippen LogP contribution in [0.25, 0.3) is 10.9 Å². The Bertz CT molecular complexity index is 473. The molecule has 1 heterocycles. The number of hydrogen-bond acceptors (Lipinski definition) is 1. The summed E-state index contributed by atoms with van der Waals surface area (Å²) in [6.45, 7) is 1.91. The van der Waals surface area contributed by atoms with E-state index >= 15 is 0 Å². The third kappa shape index (κ3) is 2.04. The van der Waals surface area contributed by atoms with Gasteiger partial charge in [-0.15, -0.1) is 12.4 Å². The first-order valence-electron chi connectivity index (χ1n) is 3.89. The van der Waals surface area contributed by atoms with Gasteiger partial charge in [-0.05, 0) is 41.1 Å². The zero-order chi connectivity index (χ0) is 9.42. The van der Waals surface area contributed by atoms with E-state index in [1.54, 1.807) is 0 Å². The van der Waals surface area contributed by atoms with Gasteiger partial charge >= 0.3 is 0 Å². The number of rotatable bonds is 0. The number of pyridine rings is 1. The molecule has 2 rings (SSSR count). The van der Waals surface area contributed by atoms with Crippen molar-refractivity contribution in [1.29, 1.82) is 0 Å². The van der Waals surface area contributed by atoms with Crippen LogP contribution in [0.2, 0.25) is 0 Å². The number of fused-ring (bicyclic) bond motifs is 1. The van der Waals surface area contributed by atoms with Crippen LogP contribution < -0.4 is 0 Å². The second-order valence-corrected chi connectivity index (χ2v) is 3.77. The van der Waals surface area contributed by atoms with Crippen molar-refractivity contribution in [2.75, 3.05) is 0 Å². The Morgan fingerprint density at radius 1 is 1.29 bits per heavy atom. The first kappa shape index (κ1) is 11.4. The lowest BCUT2D eigenvalue weighted by Gasteiger charge is -2.01. The molecular formula is C10H8BrClFN. The van der Waals surface area contributed by atoms with Crippen molar-refractivity contribution in [3.8, 4) is 0 Å². The number of aromatic nitrogens is 1. The SMILES string of the molecule is Cc1ccc2cc(F)cc(Br)c2n1.Cl. The van der Waals surface area contributed by atoms with Crippen molar-refractivity contribution in [2.45, 2.75) is 6.92 Å². The molecule has 4 heteroatoms. The Labute approximate surface area is 95.9 Å². The van der Waals surface area contributed by atoms with Gasteiger partial charge in [0.05, 0.1) is 5.52 Å². The van der Waals surface area contributed by atoms with Crippen LogP contribution in [-0.4, -0.2) is 4.98 Å². The highest BCUT2D eigenvalue weighted by atomic mass is 79.9. The van der Waals surface area contributed by atoms with E-state index in [2.05, 4.69) is 20.9 Å². The highest BCUT2D eigenvalue weighted by Crippen LogP contribution is 2.23. The van der Waals surface area contributed by atoms with E-state index in [1.807, 2.05) is 19.1 Å². The molecule has 2 aromatic rings. The quantitative estimate of drug-likeness (QED) is 0.712. The zero-order valence-electron chi connectivity index (χ0n) is 7.42. The van der Waals surface area contributed by atoms with E-state index in [0.29, 0.717) is 4.47 Å². The Balaban J connectivity index is 0.000000980. The van der Waals surface area contributed by atoms with Gasteiger partial charge in [0, 0.05) is 15.6 Å². The number of aryl methyl sites for hydroxylation is 1. The number of benzene rings is 1. The largest absolute Gasteiger partial charge is 0.252 e. The Kier molecular flexibility index (Phi) is 3.45. The van der Waals surface area contributed by atoms with E-state index in [9.17, 15) is 4.39 Å². The fourth-order valence-corrected chi connectivity index (χ4v) is 1.79. The minimum atomic E-state index is -0.245. The molecule has 0 radical (unpaired) electrons. The summed E-state index contributed by atoms with van der Waals surface area (Å²) in [6, 6.07) is 6.64. The normalized spacial score (nSPS) is 9.93. The topological polar surface area (TPSA) is 12.9 Å². The van der Waals surface area contributed by atoms with Gasteiger partial charge in [0.15, 0.2) is 0 Å². The standard InChI is InChI=1S/C10H7BrFN.ClH/c1-6-2-3-7-4-8(12)5-9(11)10(7)13-6;/h2-5H,1H3;1H. The summed E-state index contributed by atoms with van der Waals surface area (Å²) in [4.78, 5) is 4.30. The van der Waals surface area contributed by atoms with E-state index in [-0.39, 0.29) is 18.2 Å². The number of halogens is 3. The summed E-state index contributed by atoms with van der Waals surface area (Å²) >= 11 is 3.28. The van der Waals surface area contributed by atoms with Crippen LogP contribution in [0.3, 0.4) is 0 Å². The summed E-state index contributed by atoms with van der Waals surface area (Å²) in [6.07, 6.45) is 0. The molecule has 74 valence electrons. The molecule has 0 saturated carbocycles. The fraction of sp³-hybridized carbons (Fsp3) is 0.100. The average molecular weight is 277 g/mol. The van der Waals surface area contributed by atoms with Gasteiger partial charge in [-0.1, -0.05) is 6.07 Å². The lowest BCUT2D eigenvalue weighted by molar-refractivity contribution is 0.629. The van der Waals surface area contributed by atoms with Crippen LogP contribution in [0.4, 0.5) is 4.39 Å². The van der Waals surface area contributed by atoms with E-state index in [1.165, 1.54) is 12.1 Å². The molecule has 0 saturated heterocycles. The van der Waals surface area contributed by atoms with Crippen molar-refractivity contribution in [3.63, 3.8) is 0 Å². The molecular weight excluding hydrogens is 268 g/mol. The average Bonchev–Trinajstić information content (AvgIpc) is 2.06. The van der Waals surface area contributed by atoms with Gasteiger partial charge in [-0.25, -0.2) is 4.39 Å². The van der Waals surface area contributed by atoms with E-state index in [4.69, 9.17) is 0 Å². The van der Waals surface area contributed by atoms with Gasteiger partial charge in [0.1, 0.15) is 5.82 Å². The molecule has 0 unspecified atom stereocenters. The van der Waals surface area contributed by atoms with Crippen LogP contribution in [0.1, 0.15) is 5.69 Å². The minimum Gasteiger partial charge on any atom is -0.252 e. The molecule has 0 atom stereocenters. The number of nitrogens with zero attached hydrogens (tertiary/aromatic N) is 1. The molecule has 14 heavy (non-hydrogen) atoms. The molecule has 1 aromatic carbocycles. The van der Waals surface area contributed by atoms with Crippen LogP contribution >= 0.6 is 28.3 Å². The maximum Gasteiger partial charge on any atom is 0.125 e. The first-order chi connectivity index (χ1) is 6.16. The second kappa shape index (κ2) is 4.24. The molecule has 0 aliphatic rings. The summed E-state index contributed by atoms with van der Waals surface area (Å²) in [5.74, 6) is -0.245. The summed E-state index contributed by atoms with van der Waals surface area (Å²) in [7, 11) is 0. The van der Waals surface area contributed by atoms with Crippen molar-refractivity contribution in [1.82, 2.24) is 4.98 Å². The van der Waals surface area contributed by atoms with Gasteiger partial charge in [0.2, 0.25) is 0 Å². The molecule has 1 nitrogen and oxygen atoms in total. The van der Waals surface area contributed by atoms with Crippen molar-refractivity contribution in [3.05, 3.63) is 40.2 Å². The third-order valence-electron chi connectivity index (χ3n) is 1.85. The molecule has 0 spiro atoms. The van der Waals surface area contributed by atoms with Gasteiger partial charge < -0.3 is 0 Å². The maximum atomic E-state index is 12.9. The molecule has 0 bridgehead atoms. The highest BCUT2D eigenvalue weighted by molar-refractivity contribution is 9.10. The van der Waals surface area contributed by atoms with Crippen LogP contribution in [0.15, 0.2) is 28.7 Å². The predicted molar refractivity (Wildman–Crippen MR) is 61.4 cm³/mol. The number of hydrogen-bond donors (Lipinski definition) is 0. The Morgan fingerprint density at radius 2 is 2.00 bits per heavy atom. The summed E-state index contributed by atoms with van der Waals surface area (Å²) in [5.41, 5.74) is 1.74. The summed E-state index contributed by atoms with van der Waals surface area (Å²) < 4.78 is 13.6. The highest BCUT2D eigenvalue weighted by Gasteiger charge is 2.02. The Morgan fingerprint density at radius 3 is 2.71 bits per heavy atom. The van der Waals surface area contributed by atoms with Crippen LogP contribution in [-0.2, 0) is 0 Å². The fourth-order valence-electron chi connectivity index (χ4n) is 1.25. The molecule has 1 aromatic heterocycles. The van der Waals surface area contributed by atoms with E-state index < -0.39 is 0 Å². The van der Waals surface area contributed by atoms with Crippen molar-refractivity contribution >= 4 is 39.2 Å². The zero-order valence-corrected chi connectivity index (χ0v) is 9.82. The maximum absolute atomic E-state index is 12.9. The lowest BCUT2D eigenvalue weighted by Crippen LogP contribution is -1.85. The molecule has 0 aliphatic heterocycles. The molecule has 0 aliphatic carbocycles. The second-order valence-electron chi connectivity index (χ2n) is 2.91.